The molecule has 5 heteroatoms. The van der Waals surface area contributed by atoms with Crippen molar-refractivity contribution >= 4 is 29.9 Å². The van der Waals surface area contributed by atoms with E-state index < -0.39 is 0 Å². The minimum atomic E-state index is -0.00134. The molecular formula is C12H16Cl2N2O. The first-order chi connectivity index (χ1) is 7.74. The molecule has 0 saturated carbocycles. The van der Waals surface area contributed by atoms with E-state index in [4.69, 9.17) is 17.3 Å². The maximum atomic E-state index is 12.2. The molecule has 1 atom stereocenters. The van der Waals surface area contributed by atoms with Crippen molar-refractivity contribution in [3.63, 3.8) is 0 Å². The molecule has 1 fully saturated rings. The average molecular weight is 275 g/mol. The van der Waals surface area contributed by atoms with E-state index in [1.54, 1.807) is 12.1 Å². The number of hydrogen-bond acceptors (Lipinski definition) is 2. The predicted molar refractivity (Wildman–Crippen MR) is 71.8 cm³/mol. The summed E-state index contributed by atoms with van der Waals surface area (Å²) >= 11 is 6.01. The van der Waals surface area contributed by atoms with Crippen LogP contribution in [0.1, 0.15) is 23.2 Å². The van der Waals surface area contributed by atoms with Crippen molar-refractivity contribution in [1.82, 2.24) is 4.90 Å². The number of hydrogen-bond donors (Lipinski definition) is 1. The van der Waals surface area contributed by atoms with Gasteiger partial charge in [-0.3, -0.25) is 4.79 Å². The van der Waals surface area contributed by atoms with E-state index >= 15 is 0 Å². The standard InChI is InChI=1S/C12H15ClN2O.ClH/c13-11-6-2-1-5-10(11)12(16)15-7-3-4-9(15)8-14;/h1-2,5-6,9H,3-4,7-8,14H2;1H. The van der Waals surface area contributed by atoms with Crippen molar-refractivity contribution in [3.05, 3.63) is 34.9 Å². The second-order valence-electron chi connectivity index (χ2n) is 4.01. The van der Waals surface area contributed by atoms with Gasteiger partial charge in [-0.25, -0.2) is 0 Å². The fraction of sp³-hybridized carbons (Fsp3) is 0.417. The van der Waals surface area contributed by atoms with Gasteiger partial charge >= 0.3 is 0 Å². The molecule has 1 aliphatic heterocycles. The largest absolute Gasteiger partial charge is 0.334 e. The number of rotatable bonds is 2. The van der Waals surface area contributed by atoms with Crippen molar-refractivity contribution in [2.75, 3.05) is 13.1 Å². The summed E-state index contributed by atoms with van der Waals surface area (Å²) < 4.78 is 0. The molecule has 1 aromatic carbocycles. The molecule has 1 aliphatic rings. The van der Waals surface area contributed by atoms with Gasteiger partial charge in [0.05, 0.1) is 10.6 Å². The molecule has 1 unspecified atom stereocenters. The first-order valence-corrected chi connectivity index (χ1v) is 5.87. The summed E-state index contributed by atoms with van der Waals surface area (Å²) in [5.41, 5.74) is 6.22. The Hall–Kier alpha value is -0.770. The van der Waals surface area contributed by atoms with E-state index in [0.717, 1.165) is 19.4 Å². The monoisotopic (exact) mass is 274 g/mol. The predicted octanol–water partition coefficient (Wildman–Crippen LogP) is 2.33. The summed E-state index contributed by atoms with van der Waals surface area (Å²) in [6, 6.07) is 7.32. The third-order valence-corrected chi connectivity index (χ3v) is 3.34. The molecule has 2 N–H and O–H groups in total. The number of likely N-dealkylation sites (tertiary alicyclic amines) is 1. The Morgan fingerprint density at radius 3 is 2.82 bits per heavy atom. The topological polar surface area (TPSA) is 46.3 Å². The maximum absolute atomic E-state index is 12.2. The summed E-state index contributed by atoms with van der Waals surface area (Å²) in [7, 11) is 0. The molecule has 94 valence electrons. The third-order valence-electron chi connectivity index (χ3n) is 3.01. The van der Waals surface area contributed by atoms with Gasteiger partial charge in [0, 0.05) is 19.1 Å². The van der Waals surface area contributed by atoms with E-state index in [1.165, 1.54) is 0 Å². The highest BCUT2D eigenvalue weighted by Crippen LogP contribution is 2.23. The van der Waals surface area contributed by atoms with E-state index in [0.29, 0.717) is 17.1 Å². The Bertz CT molecular complexity index is 398. The van der Waals surface area contributed by atoms with Gasteiger partial charge in [0.2, 0.25) is 0 Å². The molecule has 0 aromatic heterocycles. The van der Waals surface area contributed by atoms with Crippen LogP contribution in [0.5, 0.6) is 0 Å². The Morgan fingerprint density at radius 2 is 2.18 bits per heavy atom. The maximum Gasteiger partial charge on any atom is 0.255 e. The summed E-state index contributed by atoms with van der Waals surface area (Å²) in [5.74, 6) is -0.00134. The Labute approximate surface area is 112 Å². The van der Waals surface area contributed by atoms with Crippen LogP contribution in [0.25, 0.3) is 0 Å². The van der Waals surface area contributed by atoms with Crippen molar-refractivity contribution in [2.24, 2.45) is 5.73 Å². The van der Waals surface area contributed by atoms with Gasteiger partial charge in [-0.2, -0.15) is 0 Å². The lowest BCUT2D eigenvalue weighted by Crippen LogP contribution is -2.40. The molecule has 2 rings (SSSR count). The lowest BCUT2D eigenvalue weighted by Gasteiger charge is -2.23. The van der Waals surface area contributed by atoms with E-state index in [2.05, 4.69) is 0 Å². The van der Waals surface area contributed by atoms with Crippen molar-refractivity contribution in [2.45, 2.75) is 18.9 Å². The number of halogens is 2. The zero-order valence-electron chi connectivity index (χ0n) is 9.43. The van der Waals surface area contributed by atoms with Crippen LogP contribution in [0.3, 0.4) is 0 Å². The fourth-order valence-corrected chi connectivity index (χ4v) is 2.35. The molecule has 17 heavy (non-hydrogen) atoms. The van der Waals surface area contributed by atoms with E-state index in [-0.39, 0.29) is 24.4 Å². The molecule has 0 radical (unpaired) electrons. The van der Waals surface area contributed by atoms with Crippen LogP contribution in [0, 0.1) is 0 Å². The van der Waals surface area contributed by atoms with Crippen molar-refractivity contribution in [1.29, 1.82) is 0 Å². The van der Waals surface area contributed by atoms with Gasteiger partial charge in [-0.15, -0.1) is 12.4 Å². The van der Waals surface area contributed by atoms with Crippen LogP contribution < -0.4 is 5.73 Å². The number of nitrogens with two attached hydrogens (primary N) is 1. The summed E-state index contributed by atoms with van der Waals surface area (Å²) in [5, 5.41) is 0.509. The van der Waals surface area contributed by atoms with Crippen LogP contribution in [0.15, 0.2) is 24.3 Å². The quantitative estimate of drug-likeness (QED) is 0.900. The average Bonchev–Trinajstić information content (AvgIpc) is 2.77. The lowest BCUT2D eigenvalue weighted by atomic mass is 10.1. The highest BCUT2D eigenvalue weighted by Gasteiger charge is 2.28. The molecule has 3 nitrogen and oxygen atoms in total. The van der Waals surface area contributed by atoms with Gasteiger partial charge in [0.15, 0.2) is 0 Å². The molecule has 1 aromatic rings. The number of carbonyl (C=O) groups is 1. The smallest absolute Gasteiger partial charge is 0.255 e. The summed E-state index contributed by atoms with van der Waals surface area (Å²) in [6.07, 6.45) is 2.02. The number of amides is 1. The normalized spacial score (nSPS) is 18.9. The second-order valence-corrected chi connectivity index (χ2v) is 4.42. The highest BCUT2D eigenvalue weighted by atomic mass is 35.5. The molecule has 0 bridgehead atoms. The number of benzene rings is 1. The van der Waals surface area contributed by atoms with E-state index in [9.17, 15) is 4.79 Å². The van der Waals surface area contributed by atoms with Gasteiger partial charge < -0.3 is 10.6 Å². The van der Waals surface area contributed by atoms with Gasteiger partial charge in [-0.05, 0) is 25.0 Å². The second kappa shape index (κ2) is 6.24. The summed E-state index contributed by atoms with van der Waals surface area (Å²) in [6.45, 7) is 1.31. The lowest BCUT2D eigenvalue weighted by molar-refractivity contribution is 0.0741. The van der Waals surface area contributed by atoms with Gasteiger partial charge in [0.25, 0.3) is 5.91 Å². The van der Waals surface area contributed by atoms with Crippen LogP contribution in [-0.4, -0.2) is 29.9 Å². The van der Waals surface area contributed by atoms with E-state index in [1.807, 2.05) is 17.0 Å². The third kappa shape index (κ3) is 2.92. The van der Waals surface area contributed by atoms with Crippen molar-refractivity contribution in [3.8, 4) is 0 Å². The van der Waals surface area contributed by atoms with Crippen LogP contribution >= 0.6 is 24.0 Å². The van der Waals surface area contributed by atoms with Gasteiger partial charge in [-0.1, -0.05) is 23.7 Å². The Balaban J connectivity index is 0.00000144. The first kappa shape index (κ1) is 14.3. The highest BCUT2D eigenvalue weighted by molar-refractivity contribution is 6.33. The Kier molecular flexibility index (Phi) is 5.25. The minimum absolute atomic E-state index is 0. The number of carbonyl (C=O) groups excluding carboxylic acids is 1. The molecule has 0 spiro atoms. The molecule has 0 aliphatic carbocycles. The van der Waals surface area contributed by atoms with Gasteiger partial charge in [0.1, 0.15) is 0 Å². The van der Waals surface area contributed by atoms with Crippen molar-refractivity contribution < 1.29 is 4.79 Å². The van der Waals surface area contributed by atoms with Crippen LogP contribution in [0.4, 0.5) is 0 Å². The summed E-state index contributed by atoms with van der Waals surface area (Å²) in [4.78, 5) is 14.1. The minimum Gasteiger partial charge on any atom is -0.334 e. The van der Waals surface area contributed by atoms with Crippen LogP contribution in [-0.2, 0) is 0 Å². The first-order valence-electron chi connectivity index (χ1n) is 5.49. The SMILES string of the molecule is Cl.NCC1CCCN1C(=O)c1ccccc1Cl. The molecular weight excluding hydrogens is 259 g/mol. The zero-order valence-corrected chi connectivity index (χ0v) is 11.0. The molecule has 1 heterocycles. The zero-order chi connectivity index (χ0) is 11.5. The molecule has 1 amide bonds. The van der Waals surface area contributed by atoms with Crippen LogP contribution in [0.2, 0.25) is 5.02 Å². The molecule has 1 saturated heterocycles. The number of nitrogens with zero attached hydrogens (tertiary/aromatic N) is 1. The Morgan fingerprint density at radius 1 is 1.47 bits per heavy atom. The fourth-order valence-electron chi connectivity index (χ4n) is 2.14.